The molecule has 0 saturated carbocycles. The van der Waals surface area contributed by atoms with Gasteiger partial charge >= 0.3 is 0 Å². The lowest BCUT2D eigenvalue weighted by molar-refractivity contribution is 0.0574. The topological polar surface area (TPSA) is 47.3 Å². The summed E-state index contributed by atoms with van der Waals surface area (Å²) in [5.41, 5.74) is 2.95. The van der Waals surface area contributed by atoms with Crippen LogP contribution in [0, 0.1) is 5.92 Å². The predicted molar refractivity (Wildman–Crippen MR) is 72.6 cm³/mol. The average molecular weight is 242 g/mol. The second-order valence-electron chi connectivity index (χ2n) is 5.43. The van der Waals surface area contributed by atoms with E-state index in [4.69, 9.17) is 10.6 Å². The summed E-state index contributed by atoms with van der Waals surface area (Å²) >= 11 is 0. The maximum absolute atomic E-state index is 5.77. The van der Waals surface area contributed by atoms with E-state index in [1.165, 1.54) is 44.9 Å². The molecule has 0 aromatic heterocycles. The Morgan fingerprint density at radius 1 is 1.24 bits per heavy atom. The minimum absolute atomic E-state index is 0.329. The number of hydrogen-bond donors (Lipinski definition) is 2. The Bertz CT molecular complexity index is 187. The van der Waals surface area contributed by atoms with E-state index in [1.807, 2.05) is 0 Å². The molecule has 1 aliphatic heterocycles. The van der Waals surface area contributed by atoms with Crippen LogP contribution >= 0.6 is 0 Å². The van der Waals surface area contributed by atoms with Crippen molar-refractivity contribution in [2.75, 3.05) is 6.61 Å². The highest BCUT2D eigenvalue weighted by Gasteiger charge is 2.30. The number of unbranched alkanes of at least 4 members (excludes halogenated alkanes) is 5. The van der Waals surface area contributed by atoms with Gasteiger partial charge in [-0.3, -0.25) is 11.3 Å². The van der Waals surface area contributed by atoms with E-state index in [2.05, 4.69) is 19.3 Å². The van der Waals surface area contributed by atoms with Crippen LogP contribution in [-0.2, 0) is 4.74 Å². The molecule has 1 heterocycles. The van der Waals surface area contributed by atoms with Gasteiger partial charge in [0.05, 0.1) is 6.10 Å². The fourth-order valence-corrected chi connectivity index (χ4v) is 2.72. The van der Waals surface area contributed by atoms with Crippen LogP contribution in [0.15, 0.2) is 0 Å². The van der Waals surface area contributed by atoms with Crippen molar-refractivity contribution < 1.29 is 4.74 Å². The fourth-order valence-electron chi connectivity index (χ4n) is 2.72. The van der Waals surface area contributed by atoms with Crippen LogP contribution in [0.3, 0.4) is 0 Å². The summed E-state index contributed by atoms with van der Waals surface area (Å²) in [6, 6.07) is 0.346. The molecule has 1 aliphatic rings. The largest absolute Gasteiger partial charge is 0.376 e. The molecule has 0 spiro atoms. The lowest BCUT2D eigenvalue weighted by Crippen LogP contribution is -2.45. The van der Waals surface area contributed by atoms with Gasteiger partial charge in [0, 0.05) is 12.6 Å². The van der Waals surface area contributed by atoms with Gasteiger partial charge in [-0.15, -0.1) is 0 Å². The SMILES string of the molecule is CCCCCCCCC(NN)C1OCCC1C. The highest BCUT2D eigenvalue weighted by molar-refractivity contribution is 4.83. The number of ether oxygens (including phenoxy) is 1. The molecule has 0 aromatic rings. The molecule has 17 heavy (non-hydrogen) atoms. The summed E-state index contributed by atoms with van der Waals surface area (Å²) in [7, 11) is 0. The van der Waals surface area contributed by atoms with Crippen LogP contribution in [0.5, 0.6) is 0 Å². The van der Waals surface area contributed by atoms with Gasteiger partial charge in [-0.2, -0.15) is 0 Å². The first-order chi connectivity index (χ1) is 8.29. The summed E-state index contributed by atoms with van der Waals surface area (Å²) in [5, 5.41) is 0. The van der Waals surface area contributed by atoms with E-state index < -0.39 is 0 Å². The van der Waals surface area contributed by atoms with Crippen molar-refractivity contribution in [1.82, 2.24) is 5.43 Å². The Morgan fingerprint density at radius 2 is 1.94 bits per heavy atom. The van der Waals surface area contributed by atoms with Gasteiger partial charge in [0.25, 0.3) is 0 Å². The fraction of sp³-hybridized carbons (Fsp3) is 1.00. The number of nitrogens with two attached hydrogens (primary N) is 1. The van der Waals surface area contributed by atoms with Crippen molar-refractivity contribution in [1.29, 1.82) is 0 Å². The monoisotopic (exact) mass is 242 g/mol. The summed E-state index contributed by atoms with van der Waals surface area (Å²) in [5.74, 6) is 6.30. The quantitative estimate of drug-likeness (QED) is 0.371. The molecule has 0 amide bonds. The molecule has 1 rings (SSSR count). The normalized spacial score (nSPS) is 26.3. The zero-order valence-electron chi connectivity index (χ0n) is 11.6. The van der Waals surface area contributed by atoms with E-state index in [-0.39, 0.29) is 0 Å². The molecule has 0 aromatic carbocycles. The summed E-state index contributed by atoms with van der Waals surface area (Å²) in [6.07, 6.45) is 10.7. The average Bonchev–Trinajstić information content (AvgIpc) is 2.75. The van der Waals surface area contributed by atoms with Gasteiger partial charge < -0.3 is 4.74 Å². The Hall–Kier alpha value is -0.120. The van der Waals surface area contributed by atoms with Gasteiger partial charge in [0.1, 0.15) is 0 Å². The van der Waals surface area contributed by atoms with Crippen LogP contribution < -0.4 is 11.3 Å². The third-order valence-corrected chi connectivity index (χ3v) is 3.92. The minimum atomic E-state index is 0.329. The minimum Gasteiger partial charge on any atom is -0.376 e. The highest BCUT2D eigenvalue weighted by Crippen LogP contribution is 2.25. The van der Waals surface area contributed by atoms with E-state index in [0.29, 0.717) is 18.1 Å². The third-order valence-electron chi connectivity index (χ3n) is 3.92. The van der Waals surface area contributed by atoms with Gasteiger partial charge in [-0.25, -0.2) is 0 Å². The number of rotatable bonds is 9. The van der Waals surface area contributed by atoms with E-state index in [0.717, 1.165) is 13.0 Å². The first-order valence-corrected chi connectivity index (χ1v) is 7.37. The Morgan fingerprint density at radius 3 is 2.53 bits per heavy atom. The van der Waals surface area contributed by atoms with Gasteiger partial charge in [-0.05, 0) is 18.8 Å². The molecule has 3 nitrogen and oxygen atoms in total. The van der Waals surface area contributed by atoms with E-state index in [1.54, 1.807) is 0 Å². The standard InChI is InChI=1S/C14H30N2O/c1-3-4-5-6-7-8-9-13(16-15)14-12(2)10-11-17-14/h12-14,16H,3-11,15H2,1-2H3. The summed E-state index contributed by atoms with van der Waals surface area (Å²) in [6.45, 7) is 5.43. The molecule has 3 unspecified atom stereocenters. The number of hydrazine groups is 1. The van der Waals surface area contributed by atoms with Crippen LogP contribution in [0.25, 0.3) is 0 Å². The maximum atomic E-state index is 5.77. The second-order valence-corrected chi connectivity index (χ2v) is 5.43. The zero-order valence-corrected chi connectivity index (χ0v) is 11.6. The van der Waals surface area contributed by atoms with Crippen molar-refractivity contribution in [2.45, 2.75) is 77.4 Å². The van der Waals surface area contributed by atoms with Crippen LogP contribution in [0.2, 0.25) is 0 Å². The van der Waals surface area contributed by atoms with Gasteiger partial charge in [0.15, 0.2) is 0 Å². The molecule has 1 saturated heterocycles. The lowest BCUT2D eigenvalue weighted by atomic mass is 9.94. The molecule has 0 bridgehead atoms. The summed E-state index contributed by atoms with van der Waals surface area (Å²) in [4.78, 5) is 0. The second kappa shape index (κ2) is 8.90. The summed E-state index contributed by atoms with van der Waals surface area (Å²) < 4.78 is 5.77. The molecule has 0 radical (unpaired) electrons. The van der Waals surface area contributed by atoms with Crippen molar-refractivity contribution >= 4 is 0 Å². The zero-order chi connectivity index (χ0) is 12.5. The smallest absolute Gasteiger partial charge is 0.0767 e. The molecule has 102 valence electrons. The third kappa shape index (κ3) is 5.36. The van der Waals surface area contributed by atoms with Crippen molar-refractivity contribution in [2.24, 2.45) is 11.8 Å². The molecule has 3 atom stereocenters. The Kier molecular flexibility index (Phi) is 7.82. The van der Waals surface area contributed by atoms with Gasteiger partial charge in [-0.1, -0.05) is 52.4 Å². The van der Waals surface area contributed by atoms with Crippen molar-refractivity contribution in [3.8, 4) is 0 Å². The van der Waals surface area contributed by atoms with Crippen LogP contribution in [0.4, 0.5) is 0 Å². The number of nitrogens with one attached hydrogen (secondary N) is 1. The maximum Gasteiger partial charge on any atom is 0.0767 e. The highest BCUT2D eigenvalue weighted by atomic mass is 16.5. The van der Waals surface area contributed by atoms with Crippen LogP contribution in [-0.4, -0.2) is 18.8 Å². The first kappa shape index (κ1) is 14.9. The Labute approximate surface area is 106 Å². The molecule has 1 fully saturated rings. The Balaban J connectivity index is 2.10. The van der Waals surface area contributed by atoms with Gasteiger partial charge in [0.2, 0.25) is 0 Å². The molecule has 0 aliphatic carbocycles. The lowest BCUT2D eigenvalue weighted by Gasteiger charge is -2.25. The first-order valence-electron chi connectivity index (χ1n) is 7.37. The van der Waals surface area contributed by atoms with Crippen LogP contribution in [0.1, 0.15) is 65.2 Å². The molecule has 3 heteroatoms. The van der Waals surface area contributed by atoms with E-state index in [9.17, 15) is 0 Å². The molecular formula is C14H30N2O. The van der Waals surface area contributed by atoms with E-state index >= 15 is 0 Å². The number of hydrogen-bond acceptors (Lipinski definition) is 3. The molecular weight excluding hydrogens is 212 g/mol. The van der Waals surface area contributed by atoms with Crippen molar-refractivity contribution in [3.05, 3.63) is 0 Å². The van der Waals surface area contributed by atoms with Crippen molar-refractivity contribution in [3.63, 3.8) is 0 Å². The molecule has 3 N–H and O–H groups in total. The predicted octanol–water partition coefficient (Wildman–Crippen LogP) is 2.99.